The number of alkyl carbamates (subject to hydrolysis) is 1. The van der Waals surface area contributed by atoms with Crippen molar-refractivity contribution >= 4 is 46.7 Å². The molecule has 0 radical (unpaired) electrons. The molecule has 46 heavy (non-hydrogen) atoms. The molecule has 4 atom stereocenters. The molecular formula is C32H45N5O9. The van der Waals surface area contributed by atoms with Crippen LogP contribution >= 0.6 is 0 Å². The molecule has 14 heteroatoms. The topological polar surface area (TPSA) is 196 Å². The number of amides is 4. The molecule has 0 unspecified atom stereocenters. The number of benzene rings is 1. The first-order chi connectivity index (χ1) is 21.3. The molecule has 0 spiro atoms. The van der Waals surface area contributed by atoms with Crippen molar-refractivity contribution in [1.29, 1.82) is 0 Å². The monoisotopic (exact) mass is 643 g/mol. The Morgan fingerprint density at radius 3 is 2.20 bits per heavy atom. The van der Waals surface area contributed by atoms with Gasteiger partial charge in [0.2, 0.25) is 17.7 Å². The zero-order valence-electron chi connectivity index (χ0n) is 27.4. The smallest absolute Gasteiger partial charge is 0.408 e. The van der Waals surface area contributed by atoms with Crippen LogP contribution in [0.15, 0.2) is 30.5 Å². The Morgan fingerprint density at radius 1 is 0.935 bits per heavy atom. The van der Waals surface area contributed by atoms with E-state index in [0.29, 0.717) is 12.0 Å². The fraction of sp³-hybridized carbons (Fsp3) is 0.562. The van der Waals surface area contributed by atoms with Crippen LogP contribution in [0.4, 0.5) is 4.79 Å². The average molecular weight is 644 g/mol. The summed E-state index contributed by atoms with van der Waals surface area (Å²) < 4.78 is 10.6. The van der Waals surface area contributed by atoms with E-state index in [0.717, 1.165) is 10.9 Å². The summed E-state index contributed by atoms with van der Waals surface area (Å²) >= 11 is 0. The highest BCUT2D eigenvalue weighted by Gasteiger charge is 2.39. The fourth-order valence-electron chi connectivity index (χ4n) is 5.09. The molecule has 252 valence electrons. The Morgan fingerprint density at radius 2 is 1.57 bits per heavy atom. The van der Waals surface area contributed by atoms with E-state index in [1.165, 1.54) is 11.8 Å². The number of para-hydroxylation sites is 1. The number of aliphatic carboxylic acids is 1. The molecule has 1 saturated heterocycles. The molecule has 0 aliphatic carbocycles. The van der Waals surface area contributed by atoms with Crippen LogP contribution in [0.5, 0.6) is 0 Å². The molecule has 14 nitrogen and oxygen atoms in total. The highest BCUT2D eigenvalue weighted by molar-refractivity contribution is 5.97. The van der Waals surface area contributed by atoms with Crippen molar-refractivity contribution in [3.05, 3.63) is 36.0 Å². The number of hydrogen-bond acceptors (Lipinski definition) is 8. The van der Waals surface area contributed by atoms with Crippen LogP contribution in [0.2, 0.25) is 0 Å². The van der Waals surface area contributed by atoms with Gasteiger partial charge < -0.3 is 40.4 Å². The van der Waals surface area contributed by atoms with Crippen LogP contribution in [0.25, 0.3) is 10.9 Å². The van der Waals surface area contributed by atoms with Gasteiger partial charge in [0.05, 0.1) is 6.42 Å². The largest absolute Gasteiger partial charge is 0.480 e. The lowest BCUT2D eigenvalue weighted by molar-refractivity contribution is -0.157. The number of rotatable bonds is 11. The summed E-state index contributed by atoms with van der Waals surface area (Å²) in [7, 11) is 0. The van der Waals surface area contributed by atoms with Gasteiger partial charge in [-0.25, -0.2) is 9.59 Å². The molecule has 1 fully saturated rings. The minimum atomic E-state index is -1.50. The maximum Gasteiger partial charge on any atom is 0.408 e. The van der Waals surface area contributed by atoms with E-state index in [1.807, 2.05) is 24.3 Å². The summed E-state index contributed by atoms with van der Waals surface area (Å²) in [4.78, 5) is 82.1. The van der Waals surface area contributed by atoms with Crippen molar-refractivity contribution < 1.29 is 43.3 Å². The number of nitrogens with one attached hydrogen (secondary N) is 4. The molecule has 4 amide bonds. The van der Waals surface area contributed by atoms with Crippen LogP contribution < -0.4 is 16.0 Å². The molecule has 3 rings (SSSR count). The van der Waals surface area contributed by atoms with Crippen molar-refractivity contribution in [1.82, 2.24) is 25.8 Å². The SMILES string of the molecule is C[C@H](NC(=O)OC(C)(C)C)C(=O)N[C@@H](CC(=O)OC(C)(C)C)C(=O)N[C@@H](Cc1c[nH]c2ccccc12)C(=O)N1CCC[C@H]1C(=O)O. The van der Waals surface area contributed by atoms with Crippen LogP contribution in [0, 0.1) is 0 Å². The van der Waals surface area contributed by atoms with Crippen LogP contribution in [0.3, 0.4) is 0 Å². The van der Waals surface area contributed by atoms with Gasteiger partial charge in [0, 0.05) is 30.1 Å². The molecule has 2 heterocycles. The fourth-order valence-corrected chi connectivity index (χ4v) is 5.09. The summed E-state index contributed by atoms with van der Waals surface area (Å²) in [6.07, 6.45) is 1.03. The normalized spacial score (nSPS) is 17.0. The van der Waals surface area contributed by atoms with Crippen LogP contribution in [-0.4, -0.2) is 92.7 Å². The zero-order chi connectivity index (χ0) is 34.4. The number of hydrogen-bond donors (Lipinski definition) is 5. The Bertz CT molecular complexity index is 1460. The minimum Gasteiger partial charge on any atom is -0.480 e. The molecule has 1 aromatic heterocycles. The molecule has 1 aliphatic rings. The van der Waals surface area contributed by atoms with Gasteiger partial charge in [0.15, 0.2) is 0 Å². The number of nitrogens with zero attached hydrogens (tertiary/aromatic N) is 1. The summed E-state index contributed by atoms with van der Waals surface area (Å²) in [6, 6.07) is 2.44. The number of esters is 1. The lowest BCUT2D eigenvalue weighted by atomic mass is 10.0. The van der Waals surface area contributed by atoms with E-state index in [2.05, 4.69) is 20.9 Å². The predicted molar refractivity (Wildman–Crippen MR) is 168 cm³/mol. The summed E-state index contributed by atoms with van der Waals surface area (Å²) in [5, 5.41) is 18.1. The number of carboxylic acids is 1. The van der Waals surface area contributed by atoms with E-state index in [4.69, 9.17) is 9.47 Å². The van der Waals surface area contributed by atoms with Gasteiger partial charge in [0.1, 0.15) is 35.4 Å². The maximum absolute atomic E-state index is 13.9. The van der Waals surface area contributed by atoms with E-state index in [-0.39, 0.29) is 19.4 Å². The number of carbonyl (C=O) groups excluding carboxylic acids is 5. The Hall–Kier alpha value is -4.62. The van der Waals surface area contributed by atoms with Crippen molar-refractivity contribution in [2.45, 2.75) is 110 Å². The second-order valence-electron chi connectivity index (χ2n) is 13.4. The van der Waals surface area contributed by atoms with E-state index in [1.54, 1.807) is 47.7 Å². The first kappa shape index (κ1) is 35.9. The zero-order valence-corrected chi connectivity index (χ0v) is 27.4. The van der Waals surface area contributed by atoms with E-state index in [9.17, 15) is 33.9 Å². The minimum absolute atomic E-state index is 0.00112. The molecule has 0 saturated carbocycles. The average Bonchev–Trinajstić information content (AvgIpc) is 3.57. The summed E-state index contributed by atoms with van der Waals surface area (Å²) in [6.45, 7) is 11.5. The number of likely N-dealkylation sites (tertiary alicyclic amines) is 1. The number of carbonyl (C=O) groups is 6. The van der Waals surface area contributed by atoms with E-state index >= 15 is 0 Å². The van der Waals surface area contributed by atoms with Gasteiger partial charge >= 0.3 is 18.0 Å². The first-order valence-electron chi connectivity index (χ1n) is 15.2. The number of carboxylic acid groups (broad SMARTS) is 1. The van der Waals surface area contributed by atoms with Gasteiger partial charge in [-0.1, -0.05) is 18.2 Å². The number of H-pyrrole nitrogens is 1. The molecular weight excluding hydrogens is 598 g/mol. The lowest BCUT2D eigenvalue weighted by Crippen LogP contribution is -2.58. The van der Waals surface area contributed by atoms with Gasteiger partial charge in [-0.15, -0.1) is 0 Å². The molecule has 0 bridgehead atoms. The van der Waals surface area contributed by atoms with Crippen molar-refractivity contribution in [3.63, 3.8) is 0 Å². The maximum atomic E-state index is 13.9. The first-order valence-corrected chi connectivity index (χ1v) is 15.2. The number of aromatic nitrogens is 1. The second kappa shape index (κ2) is 14.6. The molecule has 1 aromatic carbocycles. The lowest BCUT2D eigenvalue weighted by Gasteiger charge is -2.29. The third kappa shape index (κ3) is 10.2. The van der Waals surface area contributed by atoms with Crippen LogP contribution in [0.1, 0.15) is 73.3 Å². The van der Waals surface area contributed by atoms with E-state index < -0.39 is 77.5 Å². The molecule has 1 aliphatic heterocycles. The quantitative estimate of drug-likeness (QED) is 0.228. The highest BCUT2D eigenvalue weighted by Crippen LogP contribution is 2.23. The Kier molecular flexibility index (Phi) is 11.4. The van der Waals surface area contributed by atoms with Crippen LogP contribution in [-0.2, 0) is 39.9 Å². The highest BCUT2D eigenvalue weighted by atomic mass is 16.6. The third-order valence-electron chi connectivity index (χ3n) is 7.08. The molecule has 2 aromatic rings. The number of aromatic amines is 1. The van der Waals surface area contributed by atoms with Crippen molar-refractivity contribution in [3.8, 4) is 0 Å². The molecule has 5 N–H and O–H groups in total. The second-order valence-corrected chi connectivity index (χ2v) is 13.4. The predicted octanol–water partition coefficient (Wildman–Crippen LogP) is 2.40. The van der Waals surface area contributed by atoms with Gasteiger partial charge in [-0.3, -0.25) is 19.2 Å². The number of fused-ring (bicyclic) bond motifs is 1. The summed E-state index contributed by atoms with van der Waals surface area (Å²) in [5.41, 5.74) is -0.200. The van der Waals surface area contributed by atoms with Gasteiger partial charge in [-0.2, -0.15) is 0 Å². The third-order valence-corrected chi connectivity index (χ3v) is 7.08. The summed E-state index contributed by atoms with van der Waals surface area (Å²) in [5.74, 6) is -4.20. The Labute approximate surface area is 267 Å². The van der Waals surface area contributed by atoms with Crippen molar-refractivity contribution in [2.75, 3.05) is 6.54 Å². The Balaban J connectivity index is 1.89. The van der Waals surface area contributed by atoms with Crippen molar-refractivity contribution in [2.24, 2.45) is 0 Å². The van der Waals surface area contributed by atoms with Gasteiger partial charge in [0.25, 0.3) is 0 Å². The van der Waals surface area contributed by atoms with Gasteiger partial charge in [-0.05, 0) is 72.9 Å². The standard InChI is InChI=1S/C32H45N5O9/c1-18(34-30(44)46-32(5,6)7)26(39)35-22(16-25(38)45-31(2,3)4)27(40)36-23(28(41)37-14-10-13-24(37)29(42)43)15-19-17-33-21-12-9-8-11-20(19)21/h8-9,11-12,17-18,22-24,33H,10,13-16H2,1-7H3,(H,34,44)(H,35,39)(H,36,40)(H,42,43)/t18-,22-,23-,24-/m0/s1. The number of ether oxygens (including phenoxy) is 2.